The molecule has 1 amide bonds. The summed E-state index contributed by atoms with van der Waals surface area (Å²) >= 11 is 0. The molecule has 7 heteroatoms. The minimum absolute atomic E-state index is 0.0609. The van der Waals surface area contributed by atoms with E-state index in [1.807, 2.05) is 0 Å². The van der Waals surface area contributed by atoms with Crippen LogP contribution in [-0.2, 0) is 11.2 Å². The van der Waals surface area contributed by atoms with Crippen LogP contribution >= 0.6 is 0 Å². The van der Waals surface area contributed by atoms with Gasteiger partial charge in [0.15, 0.2) is 0 Å². The van der Waals surface area contributed by atoms with Crippen LogP contribution in [0.2, 0.25) is 0 Å². The van der Waals surface area contributed by atoms with Gasteiger partial charge in [-0.2, -0.15) is 0 Å². The number of nitrogens with one attached hydrogen (secondary N) is 2. The molecule has 1 heterocycles. The Bertz CT molecular complexity index is 505. The lowest BCUT2D eigenvalue weighted by molar-refractivity contribution is 0.0634. The summed E-state index contributed by atoms with van der Waals surface area (Å²) in [6, 6.07) is 1.37. The minimum Gasteiger partial charge on any atom is -0.444 e. The number of nitrogens with zero attached hydrogens (tertiary/aromatic N) is 1. The first kappa shape index (κ1) is 16.2. The molecule has 0 unspecified atom stereocenters. The molecule has 1 aromatic heterocycles. The van der Waals surface area contributed by atoms with Crippen molar-refractivity contribution in [1.29, 1.82) is 0 Å². The standard InChI is InChI=1S/C13H21N3O4/c1-13(2,3)20-12(19)16-11-14-9(6-4-5-7-17)8-10(18)15-11/h8,17H,4-7H2,1-3H3,(H2,14,15,16,18,19). The van der Waals surface area contributed by atoms with Crippen LogP contribution in [0.5, 0.6) is 0 Å². The smallest absolute Gasteiger partial charge is 0.414 e. The van der Waals surface area contributed by atoms with E-state index >= 15 is 0 Å². The summed E-state index contributed by atoms with van der Waals surface area (Å²) < 4.78 is 5.07. The van der Waals surface area contributed by atoms with E-state index in [0.29, 0.717) is 18.5 Å². The fraction of sp³-hybridized carbons (Fsp3) is 0.615. The molecule has 0 spiro atoms. The summed E-state index contributed by atoms with van der Waals surface area (Å²) in [5.41, 5.74) is -0.401. The van der Waals surface area contributed by atoms with Crippen LogP contribution in [0, 0.1) is 0 Å². The van der Waals surface area contributed by atoms with E-state index in [9.17, 15) is 9.59 Å². The summed E-state index contributed by atoms with van der Waals surface area (Å²) in [7, 11) is 0. The van der Waals surface area contributed by atoms with E-state index in [1.165, 1.54) is 6.07 Å². The molecule has 1 aromatic rings. The third-order valence-electron chi connectivity index (χ3n) is 2.26. The summed E-state index contributed by atoms with van der Waals surface area (Å²) in [4.78, 5) is 29.6. The monoisotopic (exact) mass is 283 g/mol. The van der Waals surface area contributed by atoms with Crippen LogP contribution < -0.4 is 10.9 Å². The molecule has 0 aliphatic rings. The normalized spacial score (nSPS) is 11.2. The zero-order chi connectivity index (χ0) is 15.2. The number of rotatable bonds is 5. The van der Waals surface area contributed by atoms with Crippen molar-refractivity contribution in [3.05, 3.63) is 22.1 Å². The molecule has 3 N–H and O–H groups in total. The number of aliphatic hydroxyl groups is 1. The molecule has 0 saturated carbocycles. The number of carbonyl (C=O) groups excluding carboxylic acids is 1. The lowest BCUT2D eigenvalue weighted by Gasteiger charge is -2.19. The van der Waals surface area contributed by atoms with Gasteiger partial charge in [-0.1, -0.05) is 0 Å². The van der Waals surface area contributed by atoms with Gasteiger partial charge >= 0.3 is 6.09 Å². The molecule has 7 nitrogen and oxygen atoms in total. The molecule has 0 fully saturated rings. The van der Waals surface area contributed by atoms with Crippen molar-refractivity contribution in [2.75, 3.05) is 11.9 Å². The number of amides is 1. The molecule has 0 saturated heterocycles. The second-order valence-electron chi connectivity index (χ2n) is 5.39. The predicted octanol–water partition coefficient (Wildman–Crippen LogP) is 1.43. The maximum Gasteiger partial charge on any atom is 0.414 e. The Kier molecular flexibility index (Phi) is 5.69. The number of hydrogen-bond donors (Lipinski definition) is 3. The van der Waals surface area contributed by atoms with Crippen LogP contribution in [0.25, 0.3) is 0 Å². The SMILES string of the molecule is CC(C)(C)OC(=O)Nc1nc(CCCCO)cc(=O)[nH]1. The highest BCUT2D eigenvalue weighted by molar-refractivity contribution is 5.82. The maximum absolute atomic E-state index is 11.6. The van der Waals surface area contributed by atoms with E-state index in [0.717, 1.165) is 6.42 Å². The van der Waals surface area contributed by atoms with Crippen molar-refractivity contribution >= 4 is 12.0 Å². The molecule has 0 aliphatic heterocycles. The zero-order valence-corrected chi connectivity index (χ0v) is 12.0. The van der Waals surface area contributed by atoms with Crippen molar-refractivity contribution in [2.45, 2.75) is 45.6 Å². The number of aliphatic hydroxyl groups excluding tert-OH is 1. The molecule has 0 aliphatic carbocycles. The number of aryl methyl sites for hydroxylation is 1. The number of aromatic amines is 1. The molecule has 0 atom stereocenters. The Labute approximate surface area is 117 Å². The molecular weight excluding hydrogens is 262 g/mol. The lowest BCUT2D eigenvalue weighted by Crippen LogP contribution is -2.28. The van der Waals surface area contributed by atoms with Gasteiger partial charge in [0.05, 0.1) is 0 Å². The number of anilines is 1. The molecular formula is C13H21N3O4. The van der Waals surface area contributed by atoms with Crippen molar-refractivity contribution in [1.82, 2.24) is 9.97 Å². The first-order valence-electron chi connectivity index (χ1n) is 6.51. The van der Waals surface area contributed by atoms with Crippen molar-refractivity contribution in [3.8, 4) is 0 Å². The Morgan fingerprint density at radius 3 is 2.75 bits per heavy atom. The van der Waals surface area contributed by atoms with Gasteiger partial charge in [0.25, 0.3) is 5.56 Å². The van der Waals surface area contributed by atoms with Gasteiger partial charge in [0, 0.05) is 18.4 Å². The Morgan fingerprint density at radius 1 is 1.45 bits per heavy atom. The Morgan fingerprint density at radius 2 is 2.15 bits per heavy atom. The van der Waals surface area contributed by atoms with Gasteiger partial charge in [-0.05, 0) is 40.0 Å². The third-order valence-corrected chi connectivity index (χ3v) is 2.26. The van der Waals surface area contributed by atoms with E-state index in [1.54, 1.807) is 20.8 Å². The first-order valence-corrected chi connectivity index (χ1v) is 6.51. The van der Waals surface area contributed by atoms with Crippen molar-refractivity contribution in [3.63, 3.8) is 0 Å². The zero-order valence-electron chi connectivity index (χ0n) is 12.0. The number of unbranched alkanes of at least 4 members (excludes halogenated alkanes) is 1. The fourth-order valence-corrected chi connectivity index (χ4v) is 1.51. The summed E-state index contributed by atoms with van der Waals surface area (Å²) in [6.07, 6.45) is 1.25. The van der Waals surface area contributed by atoms with Gasteiger partial charge in [-0.3, -0.25) is 15.1 Å². The molecule has 112 valence electrons. The molecule has 0 bridgehead atoms. The second-order valence-corrected chi connectivity index (χ2v) is 5.39. The quantitative estimate of drug-likeness (QED) is 0.709. The van der Waals surface area contributed by atoms with E-state index in [4.69, 9.17) is 9.84 Å². The van der Waals surface area contributed by atoms with Crippen LogP contribution in [0.3, 0.4) is 0 Å². The fourth-order valence-electron chi connectivity index (χ4n) is 1.51. The molecule has 0 aromatic carbocycles. The highest BCUT2D eigenvalue weighted by atomic mass is 16.6. The average Bonchev–Trinajstić information content (AvgIpc) is 2.25. The lowest BCUT2D eigenvalue weighted by atomic mass is 10.2. The highest BCUT2D eigenvalue weighted by Crippen LogP contribution is 2.09. The molecule has 1 rings (SSSR count). The van der Waals surface area contributed by atoms with Gasteiger partial charge in [-0.15, -0.1) is 0 Å². The van der Waals surface area contributed by atoms with Gasteiger partial charge in [0.1, 0.15) is 5.60 Å². The first-order chi connectivity index (χ1) is 9.30. The topological polar surface area (TPSA) is 104 Å². The number of carbonyl (C=O) groups is 1. The van der Waals surface area contributed by atoms with E-state index in [2.05, 4.69) is 15.3 Å². The van der Waals surface area contributed by atoms with Gasteiger partial charge < -0.3 is 9.84 Å². The van der Waals surface area contributed by atoms with Crippen LogP contribution in [0.1, 0.15) is 39.3 Å². The maximum atomic E-state index is 11.6. The van der Waals surface area contributed by atoms with Gasteiger partial charge in [0.2, 0.25) is 5.95 Å². The number of aromatic nitrogens is 2. The van der Waals surface area contributed by atoms with Crippen LogP contribution in [0.15, 0.2) is 10.9 Å². The van der Waals surface area contributed by atoms with Crippen molar-refractivity contribution in [2.24, 2.45) is 0 Å². The van der Waals surface area contributed by atoms with Crippen LogP contribution in [-0.4, -0.2) is 33.4 Å². The molecule has 20 heavy (non-hydrogen) atoms. The summed E-state index contributed by atoms with van der Waals surface area (Å²) in [5, 5.41) is 11.1. The van der Waals surface area contributed by atoms with E-state index < -0.39 is 11.7 Å². The number of H-pyrrole nitrogens is 1. The van der Waals surface area contributed by atoms with Crippen molar-refractivity contribution < 1.29 is 14.6 Å². The number of ether oxygens (including phenoxy) is 1. The highest BCUT2D eigenvalue weighted by Gasteiger charge is 2.17. The minimum atomic E-state index is -0.673. The van der Waals surface area contributed by atoms with Gasteiger partial charge in [-0.25, -0.2) is 9.78 Å². The van der Waals surface area contributed by atoms with E-state index in [-0.39, 0.29) is 18.1 Å². The Hall–Kier alpha value is -1.89. The average molecular weight is 283 g/mol. The molecule has 0 radical (unpaired) electrons. The number of hydrogen-bond acceptors (Lipinski definition) is 5. The second kappa shape index (κ2) is 7.04. The Balaban J connectivity index is 2.70. The third kappa shape index (κ3) is 6.33. The summed E-state index contributed by atoms with van der Waals surface area (Å²) in [6.45, 7) is 5.34. The van der Waals surface area contributed by atoms with Crippen LogP contribution in [0.4, 0.5) is 10.7 Å². The summed E-state index contributed by atoms with van der Waals surface area (Å²) in [5.74, 6) is 0.0609. The predicted molar refractivity (Wildman–Crippen MR) is 74.7 cm³/mol. The largest absolute Gasteiger partial charge is 0.444 e.